The van der Waals surface area contributed by atoms with Crippen molar-refractivity contribution in [3.05, 3.63) is 82.0 Å². The van der Waals surface area contributed by atoms with Crippen LogP contribution in [0.5, 0.6) is 0 Å². The number of benzene rings is 2. The Morgan fingerprint density at radius 1 is 1.07 bits per heavy atom. The lowest BCUT2D eigenvalue weighted by Crippen LogP contribution is -2.23. The van der Waals surface area contributed by atoms with Crippen molar-refractivity contribution >= 4 is 39.1 Å². The summed E-state index contributed by atoms with van der Waals surface area (Å²) in [5.74, 6) is -0.336. The highest BCUT2D eigenvalue weighted by Crippen LogP contribution is 2.22. The fourth-order valence-electron chi connectivity index (χ4n) is 2.47. The number of nitrogens with zero attached hydrogens (tertiary/aromatic N) is 1. The summed E-state index contributed by atoms with van der Waals surface area (Å²) in [5.41, 5.74) is 2.48. The van der Waals surface area contributed by atoms with Crippen LogP contribution in [-0.4, -0.2) is 19.3 Å². The Labute approximate surface area is 172 Å². The van der Waals surface area contributed by atoms with E-state index >= 15 is 0 Å². The van der Waals surface area contributed by atoms with Crippen molar-refractivity contribution < 1.29 is 13.2 Å². The van der Waals surface area contributed by atoms with Gasteiger partial charge < -0.3 is 5.32 Å². The molecule has 0 bridgehead atoms. The molecule has 1 amide bonds. The maximum atomic E-state index is 12.3. The second-order valence-corrected chi connectivity index (χ2v) is 8.33. The molecule has 9 heteroatoms. The van der Waals surface area contributed by atoms with E-state index in [0.29, 0.717) is 21.8 Å². The molecular formula is C19H15Cl2N3O3S. The number of carbonyl (C=O) groups is 1. The number of pyridine rings is 1. The van der Waals surface area contributed by atoms with Crippen molar-refractivity contribution in [3.8, 4) is 11.3 Å². The van der Waals surface area contributed by atoms with Crippen molar-refractivity contribution in [2.75, 3.05) is 0 Å². The molecule has 0 aliphatic rings. The summed E-state index contributed by atoms with van der Waals surface area (Å²) in [7, 11) is -3.83. The second kappa shape index (κ2) is 8.28. The Morgan fingerprint density at radius 2 is 1.86 bits per heavy atom. The van der Waals surface area contributed by atoms with E-state index in [-0.39, 0.29) is 22.4 Å². The van der Waals surface area contributed by atoms with Gasteiger partial charge in [-0.05, 0) is 42.0 Å². The summed E-state index contributed by atoms with van der Waals surface area (Å²) in [6.07, 6.45) is 1.47. The molecule has 1 aromatic heterocycles. The lowest BCUT2D eigenvalue weighted by molar-refractivity contribution is 0.0950. The summed E-state index contributed by atoms with van der Waals surface area (Å²) in [5, 5.41) is 8.58. The predicted molar refractivity (Wildman–Crippen MR) is 109 cm³/mol. The lowest BCUT2D eigenvalue weighted by Gasteiger charge is -2.09. The highest BCUT2D eigenvalue weighted by Gasteiger charge is 2.12. The third-order valence-corrected chi connectivity index (χ3v) is 5.44. The molecule has 0 saturated carbocycles. The zero-order valence-electron chi connectivity index (χ0n) is 14.4. The first-order chi connectivity index (χ1) is 13.2. The van der Waals surface area contributed by atoms with Gasteiger partial charge in [-0.2, -0.15) is 0 Å². The van der Waals surface area contributed by atoms with Crippen LogP contribution in [0, 0.1) is 0 Å². The minimum Gasteiger partial charge on any atom is -0.348 e. The molecule has 0 fully saturated rings. The first-order valence-corrected chi connectivity index (χ1v) is 10.4. The number of aromatic nitrogens is 1. The Morgan fingerprint density at radius 3 is 2.46 bits per heavy atom. The Kier molecular flexibility index (Phi) is 6.00. The number of amides is 1. The topological polar surface area (TPSA) is 102 Å². The number of primary sulfonamides is 1. The number of hydrogen-bond acceptors (Lipinski definition) is 4. The van der Waals surface area contributed by atoms with E-state index in [1.807, 2.05) is 12.1 Å². The van der Waals surface area contributed by atoms with Crippen LogP contribution in [0.1, 0.15) is 15.9 Å². The number of hydrogen-bond donors (Lipinski definition) is 2. The molecule has 2 aromatic carbocycles. The van der Waals surface area contributed by atoms with Gasteiger partial charge in [0.2, 0.25) is 10.0 Å². The predicted octanol–water partition coefficient (Wildman–Crippen LogP) is 3.63. The smallest absolute Gasteiger partial charge is 0.253 e. The second-order valence-electron chi connectivity index (χ2n) is 5.92. The minimum atomic E-state index is -3.83. The molecule has 0 aliphatic carbocycles. The quantitative estimate of drug-likeness (QED) is 0.638. The van der Waals surface area contributed by atoms with Crippen LogP contribution in [0.2, 0.25) is 10.0 Å². The van der Waals surface area contributed by atoms with Gasteiger partial charge in [0.25, 0.3) is 5.91 Å². The number of halogens is 2. The molecule has 0 saturated heterocycles. The fraction of sp³-hybridized carbons (Fsp3) is 0.0526. The van der Waals surface area contributed by atoms with Gasteiger partial charge in [0, 0.05) is 28.4 Å². The van der Waals surface area contributed by atoms with E-state index in [2.05, 4.69) is 10.3 Å². The average molecular weight is 436 g/mol. The van der Waals surface area contributed by atoms with Gasteiger partial charge in [0.15, 0.2) is 0 Å². The molecule has 6 nitrogen and oxygen atoms in total. The standard InChI is InChI=1S/C19H15Cl2N3O3S/c20-15-3-1-2-12(8-15)18-7-5-14(11-23-18)19(25)24-10-13-4-6-16(9-17(13)21)28(22,26)27/h1-9,11H,10H2,(H,24,25)(H2,22,26,27). The van der Waals surface area contributed by atoms with Gasteiger partial charge in [-0.3, -0.25) is 9.78 Å². The molecule has 1 heterocycles. The van der Waals surface area contributed by atoms with E-state index in [1.54, 1.807) is 24.3 Å². The van der Waals surface area contributed by atoms with E-state index in [4.69, 9.17) is 28.3 Å². The molecule has 3 rings (SSSR count). The number of rotatable bonds is 5. The maximum Gasteiger partial charge on any atom is 0.253 e. The van der Waals surface area contributed by atoms with Crippen molar-refractivity contribution in [2.24, 2.45) is 5.14 Å². The highest BCUT2D eigenvalue weighted by atomic mass is 35.5. The maximum absolute atomic E-state index is 12.3. The zero-order valence-corrected chi connectivity index (χ0v) is 16.7. The zero-order chi connectivity index (χ0) is 20.3. The van der Waals surface area contributed by atoms with Crippen molar-refractivity contribution in [1.29, 1.82) is 0 Å². The molecule has 0 atom stereocenters. The number of carbonyl (C=O) groups excluding carboxylic acids is 1. The summed E-state index contributed by atoms with van der Waals surface area (Å²) < 4.78 is 22.7. The fourth-order valence-corrected chi connectivity index (χ4v) is 3.51. The monoisotopic (exact) mass is 435 g/mol. The normalized spacial score (nSPS) is 11.2. The number of nitrogens with one attached hydrogen (secondary N) is 1. The van der Waals surface area contributed by atoms with Crippen LogP contribution >= 0.6 is 23.2 Å². The SMILES string of the molecule is NS(=O)(=O)c1ccc(CNC(=O)c2ccc(-c3cccc(Cl)c3)nc2)c(Cl)c1. The first kappa shape index (κ1) is 20.3. The highest BCUT2D eigenvalue weighted by molar-refractivity contribution is 7.89. The van der Waals surface area contributed by atoms with E-state index in [0.717, 1.165) is 5.56 Å². The number of nitrogens with two attached hydrogens (primary N) is 1. The van der Waals surface area contributed by atoms with E-state index < -0.39 is 10.0 Å². The molecule has 3 N–H and O–H groups in total. The summed E-state index contributed by atoms with van der Waals surface area (Å²) in [4.78, 5) is 16.5. The van der Waals surface area contributed by atoms with Crippen molar-refractivity contribution in [1.82, 2.24) is 10.3 Å². The molecule has 0 radical (unpaired) electrons. The lowest BCUT2D eigenvalue weighted by atomic mass is 10.1. The van der Waals surface area contributed by atoms with Crippen LogP contribution in [0.3, 0.4) is 0 Å². The molecule has 28 heavy (non-hydrogen) atoms. The van der Waals surface area contributed by atoms with Gasteiger partial charge in [0.1, 0.15) is 0 Å². The largest absolute Gasteiger partial charge is 0.348 e. The van der Waals surface area contributed by atoms with E-state index in [9.17, 15) is 13.2 Å². The Hall–Kier alpha value is -2.45. The third-order valence-electron chi connectivity index (χ3n) is 3.94. The molecule has 0 spiro atoms. The van der Waals surface area contributed by atoms with Crippen molar-refractivity contribution in [2.45, 2.75) is 11.4 Å². The van der Waals surface area contributed by atoms with Crippen LogP contribution in [0.15, 0.2) is 65.7 Å². The average Bonchev–Trinajstić information content (AvgIpc) is 2.66. The van der Waals surface area contributed by atoms with Gasteiger partial charge >= 0.3 is 0 Å². The number of sulfonamides is 1. The third kappa shape index (κ3) is 4.88. The molecule has 0 unspecified atom stereocenters. The van der Waals surface area contributed by atoms with Crippen LogP contribution in [0.4, 0.5) is 0 Å². The Balaban J connectivity index is 1.68. The van der Waals surface area contributed by atoms with Gasteiger partial charge in [-0.25, -0.2) is 13.6 Å². The van der Waals surface area contributed by atoms with Gasteiger partial charge in [-0.1, -0.05) is 41.4 Å². The van der Waals surface area contributed by atoms with Crippen molar-refractivity contribution in [3.63, 3.8) is 0 Å². The van der Waals surface area contributed by atoms with E-state index in [1.165, 1.54) is 24.4 Å². The molecule has 3 aromatic rings. The summed E-state index contributed by atoms with van der Waals surface area (Å²) >= 11 is 12.1. The van der Waals surface area contributed by atoms with Gasteiger partial charge in [0.05, 0.1) is 16.2 Å². The summed E-state index contributed by atoms with van der Waals surface area (Å²) in [6.45, 7) is 0.124. The van der Waals surface area contributed by atoms with Crippen LogP contribution < -0.4 is 10.5 Å². The molecule has 144 valence electrons. The first-order valence-electron chi connectivity index (χ1n) is 8.05. The van der Waals surface area contributed by atoms with Crippen LogP contribution in [-0.2, 0) is 16.6 Å². The van der Waals surface area contributed by atoms with Gasteiger partial charge in [-0.15, -0.1) is 0 Å². The minimum absolute atomic E-state index is 0.0895. The Bertz CT molecular complexity index is 1130. The van der Waals surface area contributed by atoms with Crippen LogP contribution in [0.25, 0.3) is 11.3 Å². The molecule has 0 aliphatic heterocycles. The summed E-state index contributed by atoms with van der Waals surface area (Å²) in [6, 6.07) is 14.7. The molecular weight excluding hydrogens is 421 g/mol.